The van der Waals surface area contributed by atoms with Gasteiger partial charge in [0.1, 0.15) is 11.8 Å². The lowest BCUT2D eigenvalue weighted by atomic mass is 10.0. The molecule has 0 aliphatic carbocycles. The lowest BCUT2D eigenvalue weighted by molar-refractivity contribution is -0.118. The topological polar surface area (TPSA) is 67.4 Å². The SMILES string of the molecule is CCOc1ccccc1C(=O)N[C@@H](C(=O)Nc1ccc(Cl)cc1)C(C)C. The molecule has 138 valence electrons. The van der Waals surface area contributed by atoms with Crippen LogP contribution >= 0.6 is 11.6 Å². The number of amides is 2. The Morgan fingerprint density at radius 3 is 2.35 bits per heavy atom. The van der Waals surface area contributed by atoms with Crippen LogP contribution in [0.4, 0.5) is 5.69 Å². The molecular formula is C20H23ClN2O3. The summed E-state index contributed by atoms with van der Waals surface area (Å²) in [6.07, 6.45) is 0. The standard InChI is InChI=1S/C20H23ClN2O3/c1-4-26-17-8-6-5-7-16(17)19(24)23-18(13(2)3)20(25)22-15-11-9-14(21)10-12-15/h5-13,18H,4H2,1-3H3,(H,22,25)(H,23,24)/t18-/m1/s1. The molecule has 5 nitrogen and oxygen atoms in total. The van der Waals surface area contributed by atoms with Crippen LogP contribution in [-0.4, -0.2) is 24.5 Å². The van der Waals surface area contributed by atoms with Gasteiger partial charge < -0.3 is 15.4 Å². The maximum absolute atomic E-state index is 12.7. The Morgan fingerprint density at radius 2 is 1.73 bits per heavy atom. The van der Waals surface area contributed by atoms with E-state index in [4.69, 9.17) is 16.3 Å². The van der Waals surface area contributed by atoms with Crippen molar-refractivity contribution in [2.24, 2.45) is 5.92 Å². The number of hydrogen-bond donors (Lipinski definition) is 2. The molecule has 6 heteroatoms. The highest BCUT2D eigenvalue weighted by molar-refractivity contribution is 6.30. The molecular weight excluding hydrogens is 352 g/mol. The molecule has 2 aromatic rings. The minimum atomic E-state index is -0.687. The first-order chi connectivity index (χ1) is 12.4. The molecule has 0 heterocycles. The molecule has 26 heavy (non-hydrogen) atoms. The zero-order chi connectivity index (χ0) is 19.1. The monoisotopic (exact) mass is 374 g/mol. The minimum Gasteiger partial charge on any atom is -0.493 e. The second kappa shape index (κ2) is 9.25. The zero-order valence-electron chi connectivity index (χ0n) is 15.1. The molecule has 0 spiro atoms. The van der Waals surface area contributed by atoms with E-state index < -0.39 is 6.04 Å². The van der Waals surface area contributed by atoms with E-state index in [-0.39, 0.29) is 17.7 Å². The molecule has 2 aromatic carbocycles. The first kappa shape index (κ1) is 19.8. The largest absolute Gasteiger partial charge is 0.493 e. The molecule has 0 saturated heterocycles. The average Bonchev–Trinajstić information content (AvgIpc) is 2.61. The summed E-state index contributed by atoms with van der Waals surface area (Å²) in [5.74, 6) is -0.234. The van der Waals surface area contributed by atoms with Crippen molar-refractivity contribution in [2.75, 3.05) is 11.9 Å². The van der Waals surface area contributed by atoms with Gasteiger partial charge in [0.2, 0.25) is 5.91 Å². The summed E-state index contributed by atoms with van der Waals surface area (Å²) in [6.45, 7) is 6.06. The van der Waals surface area contributed by atoms with Gasteiger partial charge in [-0.2, -0.15) is 0 Å². The van der Waals surface area contributed by atoms with E-state index in [1.807, 2.05) is 20.8 Å². The van der Waals surface area contributed by atoms with Crippen molar-refractivity contribution in [3.05, 3.63) is 59.1 Å². The van der Waals surface area contributed by atoms with Crippen molar-refractivity contribution in [1.29, 1.82) is 0 Å². The Labute approximate surface area is 158 Å². The highest BCUT2D eigenvalue weighted by atomic mass is 35.5. The Hall–Kier alpha value is -2.53. The second-order valence-corrected chi connectivity index (χ2v) is 6.56. The third-order valence-corrected chi connectivity index (χ3v) is 4.03. The van der Waals surface area contributed by atoms with Crippen LogP contribution < -0.4 is 15.4 Å². The third-order valence-electron chi connectivity index (χ3n) is 3.78. The molecule has 0 aliphatic heterocycles. The number of anilines is 1. The molecule has 0 bridgehead atoms. The summed E-state index contributed by atoms with van der Waals surface area (Å²) in [5, 5.41) is 6.20. The van der Waals surface area contributed by atoms with Gasteiger partial charge in [-0.1, -0.05) is 37.6 Å². The van der Waals surface area contributed by atoms with Crippen LogP contribution in [0.2, 0.25) is 5.02 Å². The van der Waals surface area contributed by atoms with Crippen LogP contribution in [0.15, 0.2) is 48.5 Å². The first-order valence-electron chi connectivity index (χ1n) is 8.51. The van der Waals surface area contributed by atoms with Crippen LogP contribution in [0.3, 0.4) is 0 Å². The molecule has 1 atom stereocenters. The maximum atomic E-state index is 12.7. The lowest BCUT2D eigenvalue weighted by Gasteiger charge is -2.22. The number of carbonyl (C=O) groups excluding carboxylic acids is 2. The molecule has 0 radical (unpaired) electrons. The van der Waals surface area contributed by atoms with Gasteiger partial charge in [-0.3, -0.25) is 9.59 Å². The molecule has 2 N–H and O–H groups in total. The van der Waals surface area contributed by atoms with Crippen LogP contribution in [0.1, 0.15) is 31.1 Å². The van der Waals surface area contributed by atoms with Gasteiger partial charge in [-0.25, -0.2) is 0 Å². The van der Waals surface area contributed by atoms with Crippen molar-refractivity contribution in [2.45, 2.75) is 26.8 Å². The second-order valence-electron chi connectivity index (χ2n) is 6.12. The summed E-state index contributed by atoms with van der Waals surface area (Å²) in [7, 11) is 0. The van der Waals surface area contributed by atoms with Crippen molar-refractivity contribution >= 4 is 29.1 Å². The molecule has 2 amide bonds. The van der Waals surface area contributed by atoms with E-state index >= 15 is 0 Å². The van der Waals surface area contributed by atoms with Crippen LogP contribution in [0, 0.1) is 5.92 Å². The molecule has 0 aromatic heterocycles. The van der Waals surface area contributed by atoms with E-state index in [1.54, 1.807) is 48.5 Å². The number of benzene rings is 2. The van der Waals surface area contributed by atoms with E-state index in [0.29, 0.717) is 28.6 Å². The summed E-state index contributed by atoms with van der Waals surface area (Å²) >= 11 is 5.86. The van der Waals surface area contributed by atoms with Gasteiger partial charge in [-0.05, 0) is 49.2 Å². The molecule has 0 saturated carbocycles. The number of carbonyl (C=O) groups is 2. The first-order valence-corrected chi connectivity index (χ1v) is 8.89. The number of rotatable bonds is 7. The third kappa shape index (κ3) is 5.23. The number of hydrogen-bond acceptors (Lipinski definition) is 3. The van der Waals surface area contributed by atoms with E-state index in [9.17, 15) is 9.59 Å². The van der Waals surface area contributed by atoms with E-state index in [2.05, 4.69) is 10.6 Å². The van der Waals surface area contributed by atoms with Gasteiger partial charge in [0.25, 0.3) is 5.91 Å². The van der Waals surface area contributed by atoms with Gasteiger partial charge >= 0.3 is 0 Å². The Balaban J connectivity index is 2.13. The van der Waals surface area contributed by atoms with Crippen LogP contribution in [0.25, 0.3) is 0 Å². The van der Waals surface area contributed by atoms with Crippen LogP contribution in [-0.2, 0) is 4.79 Å². The summed E-state index contributed by atoms with van der Waals surface area (Å²) in [6, 6.07) is 13.1. The smallest absolute Gasteiger partial charge is 0.255 e. The van der Waals surface area contributed by atoms with Gasteiger partial charge in [0, 0.05) is 10.7 Å². The number of ether oxygens (including phenoxy) is 1. The fourth-order valence-electron chi connectivity index (χ4n) is 2.44. The van der Waals surface area contributed by atoms with E-state index in [0.717, 1.165) is 0 Å². The normalized spacial score (nSPS) is 11.7. The number of halogens is 1. The van der Waals surface area contributed by atoms with Crippen molar-refractivity contribution in [3.63, 3.8) is 0 Å². The highest BCUT2D eigenvalue weighted by Gasteiger charge is 2.26. The fourth-order valence-corrected chi connectivity index (χ4v) is 2.57. The Kier molecular flexibility index (Phi) is 7.04. The molecule has 0 aliphatic rings. The Bertz CT molecular complexity index is 760. The maximum Gasteiger partial charge on any atom is 0.255 e. The predicted molar refractivity (Wildman–Crippen MR) is 104 cm³/mol. The zero-order valence-corrected chi connectivity index (χ0v) is 15.8. The summed E-state index contributed by atoms with van der Waals surface area (Å²) in [4.78, 5) is 25.3. The Morgan fingerprint density at radius 1 is 1.08 bits per heavy atom. The quantitative estimate of drug-likeness (QED) is 0.765. The molecule has 0 fully saturated rings. The summed E-state index contributed by atoms with van der Waals surface area (Å²) in [5.41, 5.74) is 1.02. The lowest BCUT2D eigenvalue weighted by Crippen LogP contribution is -2.47. The molecule has 2 rings (SSSR count). The predicted octanol–water partition coefficient (Wildman–Crippen LogP) is 4.13. The van der Waals surface area contributed by atoms with Crippen molar-refractivity contribution in [3.8, 4) is 5.75 Å². The van der Waals surface area contributed by atoms with Gasteiger partial charge in [0.15, 0.2) is 0 Å². The highest BCUT2D eigenvalue weighted by Crippen LogP contribution is 2.19. The summed E-state index contributed by atoms with van der Waals surface area (Å²) < 4.78 is 5.49. The van der Waals surface area contributed by atoms with Gasteiger partial charge in [0.05, 0.1) is 12.2 Å². The van der Waals surface area contributed by atoms with Crippen molar-refractivity contribution < 1.29 is 14.3 Å². The fraction of sp³-hybridized carbons (Fsp3) is 0.300. The minimum absolute atomic E-state index is 0.0921. The van der Waals surface area contributed by atoms with Gasteiger partial charge in [-0.15, -0.1) is 0 Å². The average molecular weight is 375 g/mol. The molecule has 0 unspecified atom stereocenters. The van der Waals surface area contributed by atoms with Crippen LogP contribution in [0.5, 0.6) is 5.75 Å². The van der Waals surface area contributed by atoms with Crippen molar-refractivity contribution in [1.82, 2.24) is 5.32 Å². The number of para-hydroxylation sites is 1. The number of nitrogens with one attached hydrogen (secondary N) is 2. The van der Waals surface area contributed by atoms with E-state index in [1.165, 1.54) is 0 Å².